The number of nitrogen functional groups attached to an aromatic ring is 1. The van der Waals surface area contributed by atoms with Crippen molar-refractivity contribution in [3.63, 3.8) is 0 Å². The van der Waals surface area contributed by atoms with E-state index in [0.717, 1.165) is 22.2 Å². The van der Waals surface area contributed by atoms with Crippen molar-refractivity contribution in [3.05, 3.63) is 57.8 Å². The molecule has 0 aliphatic heterocycles. The van der Waals surface area contributed by atoms with Gasteiger partial charge in [0.2, 0.25) is 0 Å². The van der Waals surface area contributed by atoms with Gasteiger partial charge < -0.3 is 16.2 Å². The SMILES string of the molecule is CC(Nc1cc(F)c(C(=O)O)cc1N)c1cccc(Br)c1. The normalized spacial score (nSPS) is 12.0. The summed E-state index contributed by atoms with van der Waals surface area (Å²) in [5.74, 6) is -2.16. The molecule has 0 saturated heterocycles. The van der Waals surface area contributed by atoms with E-state index in [2.05, 4.69) is 21.2 Å². The molecule has 2 aromatic carbocycles. The first kappa shape index (κ1) is 15.3. The number of rotatable bonds is 4. The number of hydrogen-bond acceptors (Lipinski definition) is 3. The van der Waals surface area contributed by atoms with Crippen molar-refractivity contribution in [2.24, 2.45) is 0 Å². The van der Waals surface area contributed by atoms with E-state index in [4.69, 9.17) is 10.8 Å². The Balaban J connectivity index is 2.27. The predicted molar refractivity (Wildman–Crippen MR) is 84.0 cm³/mol. The number of benzene rings is 2. The number of carboxylic acids is 1. The smallest absolute Gasteiger partial charge is 0.338 e. The van der Waals surface area contributed by atoms with Gasteiger partial charge >= 0.3 is 5.97 Å². The molecule has 6 heteroatoms. The Bertz CT molecular complexity index is 691. The first-order valence-corrected chi connectivity index (χ1v) is 7.02. The number of aromatic carboxylic acids is 1. The number of nitrogens with one attached hydrogen (secondary N) is 1. The number of carbonyl (C=O) groups is 1. The van der Waals surface area contributed by atoms with Gasteiger partial charge in [0.25, 0.3) is 0 Å². The number of anilines is 2. The second-order valence-corrected chi connectivity index (χ2v) is 5.56. The summed E-state index contributed by atoms with van der Waals surface area (Å²) in [6.07, 6.45) is 0. The van der Waals surface area contributed by atoms with E-state index < -0.39 is 17.3 Å². The van der Waals surface area contributed by atoms with Crippen LogP contribution >= 0.6 is 15.9 Å². The minimum atomic E-state index is -1.34. The predicted octanol–water partition coefficient (Wildman–Crippen LogP) is 4.04. The topological polar surface area (TPSA) is 75.3 Å². The Morgan fingerprint density at radius 3 is 2.71 bits per heavy atom. The van der Waals surface area contributed by atoms with Crippen LogP contribution in [0, 0.1) is 5.82 Å². The first-order valence-electron chi connectivity index (χ1n) is 6.23. The molecule has 0 spiro atoms. The van der Waals surface area contributed by atoms with Crippen molar-refractivity contribution in [1.82, 2.24) is 0 Å². The van der Waals surface area contributed by atoms with E-state index in [1.54, 1.807) is 0 Å². The molecular weight excluding hydrogens is 339 g/mol. The molecule has 0 radical (unpaired) electrons. The second kappa shape index (κ2) is 6.13. The van der Waals surface area contributed by atoms with Gasteiger partial charge in [-0.1, -0.05) is 28.1 Å². The van der Waals surface area contributed by atoms with E-state index in [0.29, 0.717) is 5.69 Å². The molecule has 0 saturated carbocycles. The molecule has 0 amide bonds. The standard InChI is InChI=1S/C15H14BrFN2O2/c1-8(9-3-2-4-10(16)5-9)19-14-7-12(17)11(15(20)21)6-13(14)18/h2-8,19H,18H2,1H3,(H,20,21). The summed E-state index contributed by atoms with van der Waals surface area (Å²) in [6.45, 7) is 1.91. The lowest BCUT2D eigenvalue weighted by molar-refractivity contribution is 0.0692. The highest BCUT2D eigenvalue weighted by Gasteiger charge is 2.15. The van der Waals surface area contributed by atoms with E-state index in [1.807, 2.05) is 31.2 Å². The molecule has 21 heavy (non-hydrogen) atoms. The molecule has 0 aromatic heterocycles. The molecule has 0 heterocycles. The van der Waals surface area contributed by atoms with E-state index >= 15 is 0 Å². The Hall–Kier alpha value is -2.08. The van der Waals surface area contributed by atoms with Gasteiger partial charge in [0.1, 0.15) is 5.82 Å². The highest BCUT2D eigenvalue weighted by atomic mass is 79.9. The molecule has 110 valence electrons. The van der Waals surface area contributed by atoms with E-state index in [1.165, 1.54) is 0 Å². The minimum Gasteiger partial charge on any atom is -0.478 e. The third-order valence-electron chi connectivity index (χ3n) is 3.09. The monoisotopic (exact) mass is 352 g/mol. The molecule has 2 rings (SSSR count). The van der Waals surface area contributed by atoms with Crippen LogP contribution in [-0.4, -0.2) is 11.1 Å². The summed E-state index contributed by atoms with van der Waals surface area (Å²) in [6, 6.07) is 9.79. The minimum absolute atomic E-state index is 0.111. The fourth-order valence-electron chi connectivity index (χ4n) is 1.97. The summed E-state index contributed by atoms with van der Waals surface area (Å²) < 4.78 is 14.7. The maximum atomic E-state index is 13.7. The zero-order chi connectivity index (χ0) is 15.6. The summed E-state index contributed by atoms with van der Waals surface area (Å²) >= 11 is 3.39. The average molecular weight is 353 g/mol. The van der Waals surface area contributed by atoms with Crippen molar-refractivity contribution < 1.29 is 14.3 Å². The lowest BCUT2D eigenvalue weighted by Crippen LogP contribution is -2.10. The molecule has 0 fully saturated rings. The number of halogens is 2. The lowest BCUT2D eigenvalue weighted by Gasteiger charge is -2.18. The van der Waals surface area contributed by atoms with Crippen LogP contribution in [0.25, 0.3) is 0 Å². The molecular formula is C15H14BrFN2O2. The summed E-state index contributed by atoms with van der Waals surface area (Å²) in [7, 11) is 0. The average Bonchev–Trinajstić information content (AvgIpc) is 2.42. The van der Waals surface area contributed by atoms with Gasteiger partial charge in [-0.3, -0.25) is 0 Å². The Morgan fingerprint density at radius 2 is 2.10 bits per heavy atom. The molecule has 1 unspecified atom stereocenters. The summed E-state index contributed by atoms with van der Waals surface area (Å²) in [5, 5.41) is 11.9. The number of hydrogen-bond donors (Lipinski definition) is 3. The van der Waals surface area contributed by atoms with E-state index in [9.17, 15) is 9.18 Å². The molecule has 4 N–H and O–H groups in total. The van der Waals surface area contributed by atoms with Gasteiger partial charge in [0, 0.05) is 10.5 Å². The third-order valence-corrected chi connectivity index (χ3v) is 3.58. The molecule has 1 atom stereocenters. The van der Waals surface area contributed by atoms with Gasteiger partial charge in [-0.2, -0.15) is 0 Å². The number of nitrogens with two attached hydrogens (primary N) is 1. The van der Waals surface area contributed by atoms with Crippen molar-refractivity contribution in [2.75, 3.05) is 11.1 Å². The molecule has 0 aliphatic carbocycles. The van der Waals surface area contributed by atoms with Crippen LogP contribution in [0.1, 0.15) is 28.9 Å². The van der Waals surface area contributed by atoms with Crippen molar-refractivity contribution in [1.29, 1.82) is 0 Å². The maximum Gasteiger partial charge on any atom is 0.338 e. The van der Waals surface area contributed by atoms with E-state index in [-0.39, 0.29) is 11.7 Å². The number of carboxylic acid groups (broad SMARTS) is 1. The van der Waals surface area contributed by atoms with Gasteiger partial charge in [0.15, 0.2) is 0 Å². The summed E-state index contributed by atoms with van der Waals surface area (Å²) in [5.41, 5.74) is 6.89. The fourth-order valence-corrected chi connectivity index (χ4v) is 2.39. The quantitative estimate of drug-likeness (QED) is 0.725. The van der Waals surface area contributed by atoms with Crippen LogP contribution < -0.4 is 11.1 Å². The maximum absolute atomic E-state index is 13.7. The van der Waals surface area contributed by atoms with Gasteiger partial charge in [0.05, 0.1) is 16.9 Å². The highest BCUT2D eigenvalue weighted by Crippen LogP contribution is 2.28. The molecule has 4 nitrogen and oxygen atoms in total. The molecule has 2 aromatic rings. The van der Waals surface area contributed by atoms with Crippen LogP contribution in [0.5, 0.6) is 0 Å². The third kappa shape index (κ3) is 3.52. The zero-order valence-electron chi connectivity index (χ0n) is 11.2. The largest absolute Gasteiger partial charge is 0.478 e. The van der Waals surface area contributed by atoms with Gasteiger partial charge in [-0.15, -0.1) is 0 Å². The Kier molecular flexibility index (Phi) is 4.47. The molecule has 0 aliphatic rings. The van der Waals surface area contributed by atoms with Crippen LogP contribution in [0.2, 0.25) is 0 Å². The highest BCUT2D eigenvalue weighted by molar-refractivity contribution is 9.10. The van der Waals surface area contributed by atoms with Crippen molar-refractivity contribution in [2.45, 2.75) is 13.0 Å². The van der Waals surface area contributed by atoms with Crippen LogP contribution in [0.3, 0.4) is 0 Å². The first-order chi connectivity index (χ1) is 9.88. The second-order valence-electron chi connectivity index (χ2n) is 4.65. The van der Waals surface area contributed by atoms with Crippen LogP contribution in [0.4, 0.5) is 15.8 Å². The fraction of sp³-hybridized carbons (Fsp3) is 0.133. The van der Waals surface area contributed by atoms with Gasteiger partial charge in [-0.25, -0.2) is 9.18 Å². The van der Waals surface area contributed by atoms with Crippen LogP contribution in [0.15, 0.2) is 40.9 Å². The van der Waals surface area contributed by atoms with Crippen molar-refractivity contribution in [3.8, 4) is 0 Å². The zero-order valence-corrected chi connectivity index (χ0v) is 12.8. The van der Waals surface area contributed by atoms with Crippen molar-refractivity contribution >= 4 is 33.3 Å². The Morgan fingerprint density at radius 1 is 1.38 bits per heavy atom. The summed E-state index contributed by atoms with van der Waals surface area (Å²) in [4.78, 5) is 10.8. The Labute approximate surface area is 129 Å². The lowest BCUT2D eigenvalue weighted by atomic mass is 10.1. The van der Waals surface area contributed by atoms with Gasteiger partial charge in [-0.05, 0) is 36.8 Å². The molecule has 0 bridgehead atoms. The van der Waals surface area contributed by atoms with Crippen LogP contribution in [-0.2, 0) is 0 Å².